The average Bonchev–Trinajstić information content (AvgIpc) is 2.26. The number of hydrogen-bond donors (Lipinski definition) is 1. The summed E-state index contributed by atoms with van der Waals surface area (Å²) in [5.41, 5.74) is -0.392. The van der Waals surface area contributed by atoms with Crippen molar-refractivity contribution in [2.24, 2.45) is 5.92 Å². The molecule has 2 atom stereocenters. The number of hydrogen-bond acceptors (Lipinski definition) is 1. The van der Waals surface area contributed by atoms with Crippen molar-refractivity contribution >= 4 is 0 Å². The minimum Gasteiger partial charge on any atom is -0.388 e. The van der Waals surface area contributed by atoms with E-state index in [0.717, 1.165) is 18.6 Å². The first-order valence-corrected chi connectivity index (χ1v) is 5.21. The minimum atomic E-state index is -4.36. The summed E-state index contributed by atoms with van der Waals surface area (Å²) in [5.74, 6) is -0.0523. The fourth-order valence-electron chi connectivity index (χ4n) is 1.45. The summed E-state index contributed by atoms with van der Waals surface area (Å²) in [4.78, 5) is 0. The first-order valence-electron chi connectivity index (χ1n) is 5.21. The first kappa shape index (κ1) is 13.0. The molecule has 2 unspecified atom stereocenters. The topological polar surface area (TPSA) is 20.2 Å². The summed E-state index contributed by atoms with van der Waals surface area (Å²) in [6, 6.07) is 4.86. The van der Waals surface area contributed by atoms with E-state index in [-0.39, 0.29) is 5.92 Å². The van der Waals surface area contributed by atoms with E-state index in [0.29, 0.717) is 5.56 Å². The summed E-state index contributed by atoms with van der Waals surface area (Å²) >= 11 is 0. The molecule has 0 aliphatic rings. The molecule has 0 aliphatic heterocycles. The molecule has 0 aliphatic carbocycles. The number of rotatable bonds is 3. The highest BCUT2D eigenvalue weighted by Crippen LogP contribution is 2.32. The third-order valence-corrected chi connectivity index (χ3v) is 2.74. The summed E-state index contributed by atoms with van der Waals surface area (Å²) in [7, 11) is 0. The van der Waals surface area contributed by atoms with Gasteiger partial charge in [0.1, 0.15) is 0 Å². The lowest BCUT2D eigenvalue weighted by molar-refractivity contribution is -0.137. The third kappa shape index (κ3) is 2.98. The molecule has 1 rings (SSSR count). The molecule has 1 N–H and O–H groups in total. The van der Waals surface area contributed by atoms with Crippen LogP contribution in [0.1, 0.15) is 37.5 Å². The number of halogens is 3. The molecule has 1 aromatic carbocycles. The van der Waals surface area contributed by atoms with Crippen LogP contribution >= 0.6 is 0 Å². The van der Waals surface area contributed by atoms with Crippen LogP contribution in [-0.2, 0) is 6.18 Å². The van der Waals surface area contributed by atoms with Crippen molar-refractivity contribution in [2.45, 2.75) is 32.5 Å². The molecule has 0 radical (unpaired) electrons. The SMILES string of the molecule is CCC(C)C(O)c1cccc(C(F)(F)F)c1. The molecular formula is C12H15F3O. The lowest BCUT2D eigenvalue weighted by Crippen LogP contribution is -2.11. The van der Waals surface area contributed by atoms with Crippen molar-refractivity contribution in [1.29, 1.82) is 0 Å². The maximum atomic E-state index is 12.4. The molecule has 16 heavy (non-hydrogen) atoms. The van der Waals surface area contributed by atoms with E-state index in [1.54, 1.807) is 0 Å². The molecule has 4 heteroatoms. The zero-order valence-electron chi connectivity index (χ0n) is 9.25. The lowest BCUT2D eigenvalue weighted by Gasteiger charge is -2.18. The van der Waals surface area contributed by atoms with Gasteiger partial charge in [0, 0.05) is 0 Å². The molecule has 0 fully saturated rings. The Hall–Kier alpha value is -1.03. The molecule has 0 aromatic heterocycles. The number of alkyl halides is 3. The standard InChI is InChI=1S/C12H15F3O/c1-3-8(2)11(16)9-5-4-6-10(7-9)12(13,14)15/h4-8,11,16H,3H2,1-2H3. The van der Waals surface area contributed by atoms with Crippen LogP contribution < -0.4 is 0 Å². The second-order valence-corrected chi connectivity index (χ2v) is 3.95. The normalized spacial score (nSPS) is 15.9. The van der Waals surface area contributed by atoms with Crippen LogP contribution in [0.3, 0.4) is 0 Å². The van der Waals surface area contributed by atoms with Gasteiger partial charge in [-0.1, -0.05) is 32.4 Å². The van der Waals surface area contributed by atoms with Crippen LogP contribution in [0.5, 0.6) is 0 Å². The third-order valence-electron chi connectivity index (χ3n) is 2.74. The maximum absolute atomic E-state index is 12.4. The average molecular weight is 232 g/mol. The molecule has 0 bridgehead atoms. The van der Waals surface area contributed by atoms with E-state index >= 15 is 0 Å². The maximum Gasteiger partial charge on any atom is 0.416 e. The Morgan fingerprint density at radius 3 is 2.44 bits per heavy atom. The van der Waals surface area contributed by atoms with Crippen molar-refractivity contribution in [2.75, 3.05) is 0 Å². The molecular weight excluding hydrogens is 217 g/mol. The van der Waals surface area contributed by atoms with Gasteiger partial charge in [-0.2, -0.15) is 13.2 Å². The Kier molecular flexibility index (Phi) is 3.97. The fourth-order valence-corrected chi connectivity index (χ4v) is 1.45. The second kappa shape index (κ2) is 4.87. The van der Waals surface area contributed by atoms with Crippen LogP contribution in [0.25, 0.3) is 0 Å². The Morgan fingerprint density at radius 2 is 1.94 bits per heavy atom. The molecule has 90 valence electrons. The Balaban J connectivity index is 2.99. The van der Waals surface area contributed by atoms with Crippen LogP contribution in [0.2, 0.25) is 0 Å². The number of aliphatic hydroxyl groups excluding tert-OH is 1. The van der Waals surface area contributed by atoms with Crippen molar-refractivity contribution in [1.82, 2.24) is 0 Å². The molecule has 0 spiro atoms. The number of benzene rings is 1. The Bertz CT molecular complexity index is 346. The van der Waals surface area contributed by atoms with E-state index in [4.69, 9.17) is 0 Å². The largest absolute Gasteiger partial charge is 0.416 e. The highest BCUT2D eigenvalue weighted by molar-refractivity contribution is 5.27. The van der Waals surface area contributed by atoms with Gasteiger partial charge in [0.2, 0.25) is 0 Å². The zero-order chi connectivity index (χ0) is 12.3. The first-order chi connectivity index (χ1) is 7.36. The molecule has 1 nitrogen and oxygen atoms in total. The van der Waals surface area contributed by atoms with Gasteiger partial charge in [-0.05, 0) is 23.6 Å². The fraction of sp³-hybridized carbons (Fsp3) is 0.500. The zero-order valence-corrected chi connectivity index (χ0v) is 9.25. The molecule has 0 saturated carbocycles. The van der Waals surface area contributed by atoms with Crippen molar-refractivity contribution in [3.63, 3.8) is 0 Å². The summed E-state index contributed by atoms with van der Waals surface area (Å²) in [6.45, 7) is 3.70. The number of aliphatic hydroxyl groups is 1. The van der Waals surface area contributed by atoms with Crippen molar-refractivity contribution < 1.29 is 18.3 Å². The van der Waals surface area contributed by atoms with E-state index in [9.17, 15) is 18.3 Å². The molecule has 1 aromatic rings. The summed E-state index contributed by atoms with van der Waals surface area (Å²) in [5, 5.41) is 9.81. The second-order valence-electron chi connectivity index (χ2n) is 3.95. The highest BCUT2D eigenvalue weighted by atomic mass is 19.4. The van der Waals surface area contributed by atoms with Gasteiger partial charge in [-0.25, -0.2) is 0 Å². The quantitative estimate of drug-likeness (QED) is 0.840. The van der Waals surface area contributed by atoms with Crippen molar-refractivity contribution in [3.8, 4) is 0 Å². The van der Waals surface area contributed by atoms with Gasteiger partial charge in [0.15, 0.2) is 0 Å². The van der Waals surface area contributed by atoms with Crippen LogP contribution in [0.15, 0.2) is 24.3 Å². The van der Waals surface area contributed by atoms with Gasteiger partial charge >= 0.3 is 6.18 Å². The molecule has 0 saturated heterocycles. The predicted octanol–water partition coefficient (Wildman–Crippen LogP) is 3.78. The van der Waals surface area contributed by atoms with Crippen LogP contribution in [0.4, 0.5) is 13.2 Å². The van der Waals surface area contributed by atoms with Gasteiger partial charge < -0.3 is 5.11 Å². The Morgan fingerprint density at radius 1 is 1.31 bits per heavy atom. The van der Waals surface area contributed by atoms with Crippen LogP contribution in [-0.4, -0.2) is 5.11 Å². The predicted molar refractivity (Wildman–Crippen MR) is 55.9 cm³/mol. The molecule has 0 heterocycles. The minimum absolute atomic E-state index is 0.0523. The van der Waals surface area contributed by atoms with E-state index in [1.165, 1.54) is 12.1 Å². The van der Waals surface area contributed by atoms with E-state index in [1.807, 2.05) is 13.8 Å². The van der Waals surface area contributed by atoms with Gasteiger partial charge in [0.25, 0.3) is 0 Å². The van der Waals surface area contributed by atoms with Gasteiger partial charge in [-0.3, -0.25) is 0 Å². The van der Waals surface area contributed by atoms with Gasteiger partial charge in [0.05, 0.1) is 11.7 Å². The summed E-state index contributed by atoms with van der Waals surface area (Å²) < 4.78 is 37.3. The van der Waals surface area contributed by atoms with Gasteiger partial charge in [-0.15, -0.1) is 0 Å². The lowest BCUT2D eigenvalue weighted by atomic mass is 9.94. The highest BCUT2D eigenvalue weighted by Gasteiger charge is 2.31. The van der Waals surface area contributed by atoms with Crippen LogP contribution in [0, 0.1) is 5.92 Å². The molecule has 0 amide bonds. The monoisotopic (exact) mass is 232 g/mol. The van der Waals surface area contributed by atoms with Crippen molar-refractivity contribution in [3.05, 3.63) is 35.4 Å². The summed E-state index contributed by atoms with van der Waals surface area (Å²) in [6.07, 6.45) is -4.48. The smallest absolute Gasteiger partial charge is 0.388 e. The van der Waals surface area contributed by atoms with E-state index < -0.39 is 17.8 Å². The van der Waals surface area contributed by atoms with E-state index in [2.05, 4.69) is 0 Å². The Labute approximate surface area is 92.9 Å².